The minimum atomic E-state index is -1.29. The molecule has 9 heteroatoms. The molecule has 0 fully saturated rings. The summed E-state index contributed by atoms with van der Waals surface area (Å²) >= 11 is 0. The summed E-state index contributed by atoms with van der Waals surface area (Å²) in [7, 11) is 1.47. The Morgan fingerprint density at radius 3 is 2.24 bits per heavy atom. The molecule has 0 aliphatic carbocycles. The number of hydrogen-bond acceptors (Lipinski definition) is 5. The van der Waals surface area contributed by atoms with Gasteiger partial charge in [-0.1, -0.05) is 37.1 Å². The highest BCUT2D eigenvalue weighted by atomic mass is 16.6. The molecule has 3 unspecified atom stereocenters. The number of benzene rings is 1. The number of likely N-dealkylation sites (N-methyl/N-ethyl adjacent to an activating group) is 1. The van der Waals surface area contributed by atoms with Crippen molar-refractivity contribution in [3.63, 3.8) is 0 Å². The first-order valence-corrected chi connectivity index (χ1v) is 11.6. The first-order valence-electron chi connectivity index (χ1n) is 11.6. The monoisotopic (exact) mass is 476 g/mol. The smallest absolute Gasteiger partial charge is 0.408 e. The lowest BCUT2D eigenvalue weighted by atomic mass is 9.96. The zero-order valence-corrected chi connectivity index (χ0v) is 21.7. The van der Waals surface area contributed by atoms with Crippen LogP contribution in [0.1, 0.15) is 76.6 Å². The van der Waals surface area contributed by atoms with Crippen LogP contribution in [0.15, 0.2) is 18.2 Å². The van der Waals surface area contributed by atoms with Crippen LogP contribution in [0, 0.1) is 13.8 Å². The average molecular weight is 477 g/mol. The van der Waals surface area contributed by atoms with Gasteiger partial charge in [-0.25, -0.2) is 4.79 Å². The van der Waals surface area contributed by atoms with E-state index in [1.807, 2.05) is 45.9 Å². The lowest BCUT2D eigenvalue weighted by Gasteiger charge is -2.32. The fraction of sp³-hybridized carbons (Fsp3) is 0.600. The second-order valence-electron chi connectivity index (χ2n) is 9.78. The molecule has 34 heavy (non-hydrogen) atoms. The summed E-state index contributed by atoms with van der Waals surface area (Å²) < 4.78 is 5.23. The van der Waals surface area contributed by atoms with Gasteiger partial charge < -0.3 is 26.0 Å². The predicted molar refractivity (Wildman–Crippen MR) is 131 cm³/mol. The summed E-state index contributed by atoms with van der Waals surface area (Å²) in [5, 5.41) is 5.40. The van der Waals surface area contributed by atoms with Crippen molar-refractivity contribution in [1.29, 1.82) is 0 Å². The maximum absolute atomic E-state index is 13.5. The molecule has 4 N–H and O–H groups in total. The summed E-state index contributed by atoms with van der Waals surface area (Å²) in [6, 6.07) is 3.28. The zero-order valence-electron chi connectivity index (χ0n) is 21.7. The van der Waals surface area contributed by atoms with Crippen LogP contribution >= 0.6 is 0 Å². The van der Waals surface area contributed by atoms with E-state index in [1.54, 1.807) is 20.8 Å². The van der Waals surface area contributed by atoms with Crippen molar-refractivity contribution in [2.24, 2.45) is 5.73 Å². The van der Waals surface area contributed by atoms with E-state index in [0.29, 0.717) is 5.56 Å². The van der Waals surface area contributed by atoms with E-state index in [-0.39, 0.29) is 11.9 Å². The third kappa shape index (κ3) is 9.03. The molecular formula is C25H40N4O5. The Bertz CT molecular complexity index is 894. The molecule has 0 aliphatic rings. The van der Waals surface area contributed by atoms with Gasteiger partial charge in [-0.2, -0.15) is 0 Å². The number of carbonyl (C=O) groups excluding carboxylic acids is 4. The van der Waals surface area contributed by atoms with Gasteiger partial charge >= 0.3 is 6.09 Å². The van der Waals surface area contributed by atoms with Crippen molar-refractivity contribution >= 4 is 23.8 Å². The minimum absolute atomic E-state index is 0.0874. The van der Waals surface area contributed by atoms with E-state index in [9.17, 15) is 19.2 Å². The van der Waals surface area contributed by atoms with Crippen molar-refractivity contribution in [2.75, 3.05) is 7.05 Å². The van der Waals surface area contributed by atoms with Crippen LogP contribution < -0.4 is 16.4 Å². The highest BCUT2D eigenvalue weighted by Crippen LogP contribution is 2.26. The van der Waals surface area contributed by atoms with Crippen LogP contribution in [-0.4, -0.2) is 53.4 Å². The summed E-state index contributed by atoms with van der Waals surface area (Å²) in [5.41, 5.74) is 7.05. The molecule has 0 aromatic heterocycles. The Labute approximate surface area is 202 Å². The Hall–Kier alpha value is -3.10. The number of hydrogen-bond donors (Lipinski definition) is 3. The van der Waals surface area contributed by atoms with Gasteiger partial charge in [0.15, 0.2) is 0 Å². The van der Waals surface area contributed by atoms with Gasteiger partial charge in [0.1, 0.15) is 17.7 Å². The number of nitrogens with zero attached hydrogens (tertiary/aromatic N) is 1. The van der Waals surface area contributed by atoms with Crippen LogP contribution in [0.3, 0.4) is 0 Å². The molecule has 1 aromatic rings. The number of nitrogens with one attached hydrogen (secondary N) is 2. The molecule has 1 rings (SSSR count). The van der Waals surface area contributed by atoms with E-state index < -0.39 is 42.0 Å². The molecular weight excluding hydrogens is 436 g/mol. The molecule has 190 valence electrons. The van der Waals surface area contributed by atoms with Gasteiger partial charge in [-0.05, 0) is 59.1 Å². The number of rotatable bonds is 10. The average Bonchev–Trinajstić information content (AvgIpc) is 2.66. The normalized spacial score (nSPS) is 13.9. The van der Waals surface area contributed by atoms with Gasteiger partial charge in [0.05, 0.1) is 6.42 Å². The fourth-order valence-corrected chi connectivity index (χ4v) is 3.71. The largest absolute Gasteiger partial charge is 0.444 e. The minimum Gasteiger partial charge on any atom is -0.444 e. The number of alkyl carbamates (subject to hydrolysis) is 1. The number of ether oxygens (including phenoxy) is 1. The summed E-state index contributed by atoms with van der Waals surface area (Å²) in [6.45, 7) is 12.8. The highest BCUT2D eigenvalue weighted by molar-refractivity contribution is 5.94. The maximum Gasteiger partial charge on any atom is 0.408 e. The Balaban J connectivity index is 3.33. The number of primary amides is 1. The number of carbonyl (C=O) groups is 4. The van der Waals surface area contributed by atoms with Crippen LogP contribution in [0.25, 0.3) is 0 Å². The van der Waals surface area contributed by atoms with Crippen LogP contribution in [0.5, 0.6) is 0 Å². The molecule has 0 aliphatic heterocycles. The number of amides is 4. The molecule has 4 amide bonds. The van der Waals surface area contributed by atoms with Crippen molar-refractivity contribution < 1.29 is 23.9 Å². The quantitative estimate of drug-likeness (QED) is 0.478. The van der Waals surface area contributed by atoms with Gasteiger partial charge in [-0.3, -0.25) is 14.4 Å². The molecule has 0 spiro atoms. The third-order valence-corrected chi connectivity index (χ3v) is 5.21. The fourth-order valence-electron chi connectivity index (χ4n) is 3.71. The van der Waals surface area contributed by atoms with Gasteiger partial charge in [0.25, 0.3) is 0 Å². The van der Waals surface area contributed by atoms with Gasteiger partial charge in [0.2, 0.25) is 17.7 Å². The first kappa shape index (κ1) is 28.9. The lowest BCUT2D eigenvalue weighted by Crippen LogP contribution is -2.53. The third-order valence-electron chi connectivity index (χ3n) is 5.21. The van der Waals surface area contributed by atoms with E-state index in [1.165, 1.54) is 11.9 Å². The first-order chi connectivity index (χ1) is 15.7. The Kier molecular flexibility index (Phi) is 10.5. The molecule has 0 saturated carbocycles. The van der Waals surface area contributed by atoms with Crippen LogP contribution in [0.2, 0.25) is 0 Å². The predicted octanol–water partition coefficient (Wildman–Crippen LogP) is 2.88. The molecule has 0 heterocycles. The standard InChI is InChI=1S/C25H40N4O5/c1-9-10-17(4)27-22(31)21(18-12-11-15(2)13-16(18)3)29(8)23(32)19(14-20(26)30)28-24(33)34-25(5,6)7/h11-13,17,19,21H,9-10,14H2,1-8H3,(H2,26,30)(H,27,31)(H,28,33). The van der Waals surface area contributed by atoms with Crippen LogP contribution in [-0.2, 0) is 19.1 Å². The molecule has 0 saturated heterocycles. The molecule has 3 atom stereocenters. The van der Waals surface area contributed by atoms with E-state index in [0.717, 1.165) is 24.0 Å². The molecule has 9 nitrogen and oxygen atoms in total. The van der Waals surface area contributed by atoms with Gasteiger partial charge in [-0.15, -0.1) is 0 Å². The van der Waals surface area contributed by atoms with Crippen molar-refractivity contribution in [1.82, 2.24) is 15.5 Å². The van der Waals surface area contributed by atoms with Crippen molar-refractivity contribution in [3.8, 4) is 0 Å². The molecule has 0 bridgehead atoms. The number of nitrogens with two attached hydrogens (primary N) is 1. The Morgan fingerprint density at radius 1 is 1.12 bits per heavy atom. The summed E-state index contributed by atoms with van der Waals surface area (Å²) in [4.78, 5) is 52.1. The highest BCUT2D eigenvalue weighted by Gasteiger charge is 2.35. The van der Waals surface area contributed by atoms with Crippen molar-refractivity contribution in [2.45, 2.75) is 91.5 Å². The van der Waals surface area contributed by atoms with E-state index in [4.69, 9.17) is 10.5 Å². The lowest BCUT2D eigenvalue weighted by molar-refractivity contribution is -0.142. The van der Waals surface area contributed by atoms with E-state index in [2.05, 4.69) is 10.6 Å². The zero-order chi connectivity index (χ0) is 26.2. The SMILES string of the molecule is CCCC(C)NC(=O)C(c1ccc(C)cc1C)N(C)C(=O)C(CC(N)=O)NC(=O)OC(C)(C)C. The van der Waals surface area contributed by atoms with Gasteiger partial charge in [0, 0.05) is 13.1 Å². The van der Waals surface area contributed by atoms with E-state index >= 15 is 0 Å². The number of aryl methyl sites for hydroxylation is 2. The summed E-state index contributed by atoms with van der Waals surface area (Å²) in [5.74, 6) is -1.75. The second-order valence-corrected chi connectivity index (χ2v) is 9.78. The second kappa shape index (κ2) is 12.4. The molecule has 1 aromatic carbocycles. The Morgan fingerprint density at radius 2 is 1.74 bits per heavy atom. The maximum atomic E-state index is 13.5. The van der Waals surface area contributed by atoms with Crippen molar-refractivity contribution in [3.05, 3.63) is 34.9 Å². The summed E-state index contributed by atoms with van der Waals surface area (Å²) in [6.07, 6.45) is 0.387. The topological polar surface area (TPSA) is 131 Å². The van der Waals surface area contributed by atoms with Crippen LogP contribution in [0.4, 0.5) is 4.79 Å². The molecule has 0 radical (unpaired) electrons.